The number of benzene rings is 2. The molecule has 0 aliphatic carbocycles. The summed E-state index contributed by atoms with van der Waals surface area (Å²) in [7, 11) is -1.54. The SMILES string of the molecule is NS(=O)(=O)c1ccc(-n2nc(C(F)(F)F)cc2-c2ccccc2C(=O)CCC(=O)NCCP)cc1. The lowest BCUT2D eigenvalue weighted by Crippen LogP contribution is -2.25. The number of nitrogens with two attached hydrogens (primary N) is 1. The zero-order chi connectivity index (χ0) is 25.8. The van der Waals surface area contributed by atoms with Gasteiger partial charge in [0.05, 0.1) is 16.3 Å². The minimum Gasteiger partial charge on any atom is -0.356 e. The van der Waals surface area contributed by atoms with Crippen LogP contribution in [0.2, 0.25) is 0 Å². The van der Waals surface area contributed by atoms with Crippen LogP contribution in [0.4, 0.5) is 13.2 Å². The molecule has 0 bridgehead atoms. The van der Waals surface area contributed by atoms with Gasteiger partial charge in [-0.15, -0.1) is 9.24 Å². The number of sulfonamides is 1. The first-order valence-electron chi connectivity index (χ1n) is 10.3. The summed E-state index contributed by atoms with van der Waals surface area (Å²) >= 11 is 0. The summed E-state index contributed by atoms with van der Waals surface area (Å²) in [5.41, 5.74) is -0.787. The fourth-order valence-electron chi connectivity index (χ4n) is 3.30. The maximum Gasteiger partial charge on any atom is 0.435 e. The number of primary sulfonamides is 1. The molecule has 1 aromatic heterocycles. The van der Waals surface area contributed by atoms with Gasteiger partial charge in [-0.3, -0.25) is 9.59 Å². The Bertz CT molecular complexity index is 1340. The lowest BCUT2D eigenvalue weighted by atomic mass is 9.98. The summed E-state index contributed by atoms with van der Waals surface area (Å²) < 4.78 is 64.6. The molecule has 0 fully saturated rings. The molecule has 35 heavy (non-hydrogen) atoms. The van der Waals surface area contributed by atoms with E-state index < -0.39 is 27.7 Å². The molecular weight excluding hydrogens is 504 g/mol. The zero-order valence-electron chi connectivity index (χ0n) is 18.2. The van der Waals surface area contributed by atoms with Crippen molar-refractivity contribution in [2.75, 3.05) is 12.7 Å². The summed E-state index contributed by atoms with van der Waals surface area (Å²) in [6.45, 7) is 0.442. The minimum absolute atomic E-state index is 0.0305. The first-order chi connectivity index (χ1) is 16.4. The van der Waals surface area contributed by atoms with Gasteiger partial charge < -0.3 is 5.32 Å². The predicted octanol–water partition coefficient (Wildman–Crippen LogP) is 3.16. The van der Waals surface area contributed by atoms with E-state index in [1.165, 1.54) is 24.3 Å². The van der Waals surface area contributed by atoms with E-state index in [-0.39, 0.29) is 46.2 Å². The van der Waals surface area contributed by atoms with Crippen LogP contribution >= 0.6 is 9.24 Å². The van der Waals surface area contributed by atoms with E-state index >= 15 is 0 Å². The lowest BCUT2D eigenvalue weighted by Gasteiger charge is -2.12. The molecule has 0 saturated carbocycles. The van der Waals surface area contributed by atoms with Crippen molar-refractivity contribution >= 4 is 31.0 Å². The molecule has 0 saturated heterocycles. The van der Waals surface area contributed by atoms with Gasteiger partial charge in [-0.1, -0.05) is 24.3 Å². The van der Waals surface area contributed by atoms with E-state index in [0.29, 0.717) is 12.7 Å². The average Bonchev–Trinajstić information content (AvgIpc) is 3.27. The molecular formula is C22H22F3N4O4PS. The molecule has 1 unspecified atom stereocenters. The van der Waals surface area contributed by atoms with Crippen LogP contribution in [0.3, 0.4) is 0 Å². The first kappa shape index (κ1) is 26.5. The number of hydrogen-bond donors (Lipinski definition) is 2. The quantitative estimate of drug-likeness (QED) is 0.328. The molecule has 1 amide bonds. The monoisotopic (exact) mass is 526 g/mol. The Hall–Kier alpha value is -3.08. The third-order valence-electron chi connectivity index (χ3n) is 4.96. The van der Waals surface area contributed by atoms with E-state index in [1.54, 1.807) is 12.1 Å². The number of ketones is 1. The van der Waals surface area contributed by atoms with Crippen LogP contribution in [0, 0.1) is 0 Å². The number of nitrogens with one attached hydrogen (secondary N) is 1. The number of hydrogen-bond acceptors (Lipinski definition) is 5. The van der Waals surface area contributed by atoms with E-state index in [2.05, 4.69) is 19.7 Å². The number of rotatable bonds is 9. The number of halogens is 3. The Morgan fingerprint density at radius 2 is 1.71 bits per heavy atom. The van der Waals surface area contributed by atoms with E-state index in [1.807, 2.05) is 0 Å². The molecule has 3 N–H and O–H groups in total. The molecule has 2 aromatic carbocycles. The van der Waals surface area contributed by atoms with Crippen LogP contribution in [-0.4, -0.2) is 42.6 Å². The van der Waals surface area contributed by atoms with Crippen LogP contribution in [0.5, 0.6) is 0 Å². The topological polar surface area (TPSA) is 124 Å². The van der Waals surface area contributed by atoms with Gasteiger partial charge in [0.2, 0.25) is 15.9 Å². The summed E-state index contributed by atoms with van der Waals surface area (Å²) in [5, 5.41) is 11.4. The molecule has 186 valence electrons. The van der Waals surface area contributed by atoms with Gasteiger partial charge in [0.1, 0.15) is 0 Å². The van der Waals surface area contributed by atoms with Crippen LogP contribution in [0.1, 0.15) is 28.9 Å². The second-order valence-corrected chi connectivity index (χ2v) is 9.61. The third kappa shape index (κ3) is 6.53. The van der Waals surface area contributed by atoms with Crippen molar-refractivity contribution in [1.29, 1.82) is 0 Å². The molecule has 1 heterocycles. The van der Waals surface area contributed by atoms with Crippen molar-refractivity contribution < 1.29 is 31.2 Å². The van der Waals surface area contributed by atoms with Gasteiger partial charge in [-0.2, -0.15) is 18.3 Å². The number of carbonyl (C=O) groups excluding carboxylic acids is 2. The highest BCUT2D eigenvalue weighted by atomic mass is 32.2. The van der Waals surface area contributed by atoms with E-state index in [9.17, 15) is 31.2 Å². The fourth-order valence-corrected chi connectivity index (χ4v) is 3.96. The Labute approximate surface area is 202 Å². The van der Waals surface area contributed by atoms with Gasteiger partial charge in [-0.25, -0.2) is 18.2 Å². The number of Topliss-reactive ketones (excluding diaryl/α,β-unsaturated/α-hetero) is 1. The first-order valence-corrected chi connectivity index (χ1v) is 12.7. The van der Waals surface area contributed by atoms with Crippen LogP contribution in [0.25, 0.3) is 16.9 Å². The highest BCUT2D eigenvalue weighted by Crippen LogP contribution is 2.35. The van der Waals surface area contributed by atoms with Gasteiger partial charge in [0.15, 0.2) is 11.5 Å². The van der Waals surface area contributed by atoms with Gasteiger partial charge >= 0.3 is 6.18 Å². The molecule has 1 atom stereocenters. The van der Waals surface area contributed by atoms with Crippen LogP contribution < -0.4 is 10.5 Å². The predicted molar refractivity (Wildman–Crippen MR) is 127 cm³/mol. The normalized spacial score (nSPS) is 11.9. The number of amides is 1. The minimum atomic E-state index is -4.77. The smallest absolute Gasteiger partial charge is 0.356 e. The van der Waals surface area contributed by atoms with Gasteiger partial charge in [0.25, 0.3) is 0 Å². The molecule has 0 aliphatic rings. The molecule has 0 spiro atoms. The van der Waals surface area contributed by atoms with Gasteiger partial charge in [-0.05, 0) is 36.5 Å². The largest absolute Gasteiger partial charge is 0.435 e. The van der Waals surface area contributed by atoms with Crippen molar-refractivity contribution in [1.82, 2.24) is 15.1 Å². The Kier molecular flexibility index (Phi) is 8.09. The second kappa shape index (κ2) is 10.7. The highest BCUT2D eigenvalue weighted by Gasteiger charge is 2.35. The zero-order valence-corrected chi connectivity index (χ0v) is 20.2. The Morgan fingerprint density at radius 1 is 1.06 bits per heavy atom. The van der Waals surface area contributed by atoms with E-state index in [4.69, 9.17) is 5.14 Å². The third-order valence-corrected chi connectivity index (χ3v) is 6.18. The van der Waals surface area contributed by atoms with Gasteiger partial charge in [0, 0.05) is 30.5 Å². The standard InChI is InChI=1S/C22H22F3N4O4PS/c23-22(24,25)20-13-18(29(28-20)14-5-7-15(8-6-14)35(26,32)33)16-3-1-2-4-17(16)19(30)9-10-21(31)27-11-12-34/h1-8,13H,9-12,34H2,(H,27,31)(H2,26,32,33). The fraction of sp³-hybridized carbons (Fsp3) is 0.227. The maximum atomic E-state index is 13.5. The highest BCUT2D eigenvalue weighted by molar-refractivity contribution is 7.89. The Morgan fingerprint density at radius 3 is 2.31 bits per heavy atom. The van der Waals surface area contributed by atoms with Crippen LogP contribution in [0.15, 0.2) is 59.5 Å². The number of aromatic nitrogens is 2. The molecule has 13 heteroatoms. The van der Waals surface area contributed by atoms with Crippen LogP contribution in [-0.2, 0) is 21.0 Å². The van der Waals surface area contributed by atoms with Crippen molar-refractivity contribution in [3.63, 3.8) is 0 Å². The average molecular weight is 526 g/mol. The maximum absolute atomic E-state index is 13.5. The van der Waals surface area contributed by atoms with Crippen molar-refractivity contribution in [3.05, 3.63) is 65.9 Å². The van der Waals surface area contributed by atoms with Crippen molar-refractivity contribution in [3.8, 4) is 16.9 Å². The molecule has 3 rings (SSSR count). The molecule has 0 radical (unpaired) electrons. The summed E-state index contributed by atoms with van der Waals surface area (Å²) in [4.78, 5) is 24.6. The number of alkyl halides is 3. The second-order valence-electron chi connectivity index (χ2n) is 7.47. The number of nitrogens with zero attached hydrogens (tertiary/aromatic N) is 2. The summed E-state index contributed by atoms with van der Waals surface area (Å²) in [6.07, 6.45) is -4.32. The molecule has 0 aliphatic heterocycles. The summed E-state index contributed by atoms with van der Waals surface area (Å²) in [6, 6.07) is 11.7. The lowest BCUT2D eigenvalue weighted by molar-refractivity contribution is -0.141. The molecule has 8 nitrogen and oxygen atoms in total. The van der Waals surface area contributed by atoms with E-state index in [0.717, 1.165) is 22.9 Å². The van der Waals surface area contributed by atoms with Crippen molar-refractivity contribution in [2.24, 2.45) is 5.14 Å². The van der Waals surface area contributed by atoms with Crippen molar-refractivity contribution in [2.45, 2.75) is 23.9 Å². The Balaban J connectivity index is 2.04. The summed E-state index contributed by atoms with van der Waals surface area (Å²) in [5.74, 6) is -0.731. The molecule has 3 aromatic rings. The number of carbonyl (C=O) groups is 2.